The zero-order chi connectivity index (χ0) is 15.3. The highest BCUT2D eigenvalue weighted by atomic mass is 32.2. The van der Waals surface area contributed by atoms with Gasteiger partial charge in [0.25, 0.3) is 0 Å². The highest BCUT2D eigenvalue weighted by molar-refractivity contribution is 8.16. The average Bonchev–Trinajstić information content (AvgIpc) is 2.41. The lowest BCUT2D eigenvalue weighted by Gasteiger charge is -2.18. The third kappa shape index (κ3) is 10.6. The molecule has 1 amide bonds. The first-order valence-electron chi connectivity index (χ1n) is 8.33. The van der Waals surface area contributed by atoms with E-state index in [0.29, 0.717) is 6.04 Å². The molecule has 21 heavy (non-hydrogen) atoms. The fraction of sp³-hybridized carbons (Fsp3) is 0.765. The van der Waals surface area contributed by atoms with E-state index >= 15 is 0 Å². The van der Waals surface area contributed by atoms with Crippen LogP contribution in [0.3, 0.4) is 0 Å². The molecule has 1 N–H and O–H groups in total. The topological polar surface area (TPSA) is 46.2 Å². The molecule has 0 aromatic carbocycles. The third-order valence-corrected chi connectivity index (χ3v) is 4.51. The largest absolute Gasteiger partial charge is 0.350 e. The van der Waals surface area contributed by atoms with Crippen LogP contribution in [0.2, 0.25) is 0 Å². The molecule has 3 nitrogen and oxygen atoms in total. The second-order valence-corrected chi connectivity index (χ2v) is 6.96. The van der Waals surface area contributed by atoms with Gasteiger partial charge in [-0.05, 0) is 18.2 Å². The van der Waals surface area contributed by atoms with Crippen LogP contribution in [0.25, 0.3) is 0 Å². The molecular formula is C17H29NO2S. The van der Waals surface area contributed by atoms with Gasteiger partial charge in [-0.2, -0.15) is 0 Å². The predicted octanol–water partition coefficient (Wildman–Crippen LogP) is 4.57. The smallest absolute Gasteiger partial charge is 0.244 e. The normalized spacial score (nSPS) is 19.7. The van der Waals surface area contributed by atoms with Gasteiger partial charge in [0.05, 0.1) is 0 Å². The van der Waals surface area contributed by atoms with Gasteiger partial charge in [0, 0.05) is 19.0 Å². The summed E-state index contributed by atoms with van der Waals surface area (Å²) in [4.78, 5) is 22.7. The minimum absolute atomic E-state index is 0.00468. The molecule has 1 aliphatic carbocycles. The van der Waals surface area contributed by atoms with Gasteiger partial charge in [-0.25, -0.2) is 0 Å². The minimum Gasteiger partial charge on any atom is -0.350 e. The van der Waals surface area contributed by atoms with Crippen molar-refractivity contribution >= 4 is 22.8 Å². The Bertz CT molecular complexity index is 330. The summed E-state index contributed by atoms with van der Waals surface area (Å²) in [5.74, 6) is -0.0687. The molecular weight excluding hydrogens is 282 g/mol. The summed E-state index contributed by atoms with van der Waals surface area (Å²) in [6.07, 6.45) is 15.4. The first-order valence-corrected chi connectivity index (χ1v) is 9.20. The zero-order valence-electron chi connectivity index (χ0n) is 13.2. The van der Waals surface area contributed by atoms with Gasteiger partial charge in [0.2, 0.25) is 5.91 Å². The van der Waals surface area contributed by atoms with Gasteiger partial charge in [0.1, 0.15) is 0 Å². The van der Waals surface area contributed by atoms with Crippen LogP contribution in [-0.4, -0.2) is 17.1 Å². The molecule has 1 fully saturated rings. The van der Waals surface area contributed by atoms with E-state index in [-0.39, 0.29) is 11.0 Å². The summed E-state index contributed by atoms with van der Waals surface area (Å²) in [5.41, 5.74) is 0. The molecule has 0 aromatic rings. The summed E-state index contributed by atoms with van der Waals surface area (Å²) >= 11 is 1.06. The first-order chi connectivity index (χ1) is 10.2. The maximum Gasteiger partial charge on any atom is 0.244 e. The maximum absolute atomic E-state index is 11.8. The van der Waals surface area contributed by atoms with Gasteiger partial charge >= 0.3 is 0 Å². The van der Waals surface area contributed by atoms with Crippen LogP contribution >= 0.6 is 11.8 Å². The summed E-state index contributed by atoms with van der Waals surface area (Å²) in [6.45, 7) is 1.50. The van der Waals surface area contributed by atoms with Crippen LogP contribution in [0.1, 0.15) is 77.6 Å². The van der Waals surface area contributed by atoms with Crippen molar-refractivity contribution in [2.45, 2.75) is 83.6 Å². The van der Waals surface area contributed by atoms with Crippen molar-refractivity contribution < 1.29 is 9.59 Å². The summed E-state index contributed by atoms with van der Waals surface area (Å²) < 4.78 is 0. The van der Waals surface area contributed by atoms with Gasteiger partial charge in [0.15, 0.2) is 5.12 Å². The molecule has 4 heteroatoms. The zero-order valence-corrected chi connectivity index (χ0v) is 14.1. The van der Waals surface area contributed by atoms with Crippen LogP contribution in [0, 0.1) is 0 Å². The van der Waals surface area contributed by atoms with Gasteiger partial charge in [-0.3, -0.25) is 9.59 Å². The Balaban J connectivity index is 2.34. The molecule has 0 spiro atoms. The van der Waals surface area contributed by atoms with E-state index in [9.17, 15) is 9.59 Å². The predicted molar refractivity (Wildman–Crippen MR) is 90.1 cm³/mol. The van der Waals surface area contributed by atoms with Crippen LogP contribution in [0.5, 0.6) is 0 Å². The van der Waals surface area contributed by atoms with Gasteiger partial charge in [-0.15, -0.1) is 0 Å². The molecule has 0 atom stereocenters. The van der Waals surface area contributed by atoms with E-state index in [1.165, 1.54) is 70.8 Å². The van der Waals surface area contributed by atoms with E-state index in [4.69, 9.17) is 0 Å². The SMILES string of the molecule is CC(=O)SC=CC(=O)NC1CCCCCCCCCCC1. The van der Waals surface area contributed by atoms with E-state index in [0.717, 1.165) is 24.6 Å². The Morgan fingerprint density at radius 2 is 1.38 bits per heavy atom. The molecule has 0 aliphatic heterocycles. The van der Waals surface area contributed by atoms with Crippen LogP contribution in [-0.2, 0) is 9.59 Å². The highest BCUT2D eigenvalue weighted by Gasteiger charge is 2.11. The summed E-state index contributed by atoms with van der Waals surface area (Å²) in [6, 6.07) is 0.295. The number of nitrogens with one attached hydrogen (secondary N) is 1. The maximum atomic E-state index is 11.8. The lowest BCUT2D eigenvalue weighted by Crippen LogP contribution is -2.33. The van der Waals surface area contributed by atoms with Gasteiger partial charge in [-0.1, -0.05) is 69.5 Å². The van der Waals surface area contributed by atoms with E-state index in [1.807, 2.05) is 0 Å². The monoisotopic (exact) mass is 311 g/mol. The Kier molecular flexibility index (Phi) is 10.3. The van der Waals surface area contributed by atoms with Crippen LogP contribution < -0.4 is 5.32 Å². The quantitative estimate of drug-likeness (QED) is 0.777. The second kappa shape index (κ2) is 11.8. The van der Waals surface area contributed by atoms with Crippen molar-refractivity contribution in [3.8, 4) is 0 Å². The number of thioether (sulfide) groups is 1. The Hall–Kier alpha value is -0.770. The summed E-state index contributed by atoms with van der Waals surface area (Å²) in [7, 11) is 0. The standard InChI is InChI=1S/C17H29NO2S/c1-15(19)21-14-13-17(20)18-16-11-9-7-5-3-2-4-6-8-10-12-16/h13-14,16H,2-12H2,1H3,(H,18,20). The minimum atomic E-state index is -0.0687. The molecule has 120 valence electrons. The number of hydrogen-bond donors (Lipinski definition) is 1. The first kappa shape index (κ1) is 18.3. The molecule has 1 saturated carbocycles. The Morgan fingerprint density at radius 1 is 0.905 bits per heavy atom. The van der Waals surface area contributed by atoms with Crippen LogP contribution in [0.4, 0.5) is 0 Å². The Labute approximate surface area is 133 Å². The number of carbonyl (C=O) groups is 2. The van der Waals surface area contributed by atoms with E-state index in [1.54, 1.807) is 5.41 Å². The molecule has 0 aromatic heterocycles. The lowest BCUT2D eigenvalue weighted by atomic mass is 9.98. The average molecular weight is 311 g/mol. The van der Waals surface area contributed by atoms with E-state index in [2.05, 4.69) is 5.32 Å². The van der Waals surface area contributed by atoms with Crippen LogP contribution in [0.15, 0.2) is 11.5 Å². The van der Waals surface area contributed by atoms with Crippen molar-refractivity contribution in [2.24, 2.45) is 0 Å². The fourth-order valence-corrected chi connectivity index (χ4v) is 3.13. The fourth-order valence-electron chi connectivity index (χ4n) is 2.75. The van der Waals surface area contributed by atoms with Gasteiger partial charge < -0.3 is 5.32 Å². The highest BCUT2D eigenvalue weighted by Crippen LogP contribution is 2.17. The third-order valence-electron chi connectivity index (χ3n) is 3.90. The molecule has 0 unspecified atom stereocenters. The second-order valence-electron chi connectivity index (χ2n) is 5.88. The van der Waals surface area contributed by atoms with Crippen molar-refractivity contribution in [1.82, 2.24) is 5.32 Å². The van der Waals surface area contributed by atoms with Crippen molar-refractivity contribution in [3.63, 3.8) is 0 Å². The van der Waals surface area contributed by atoms with E-state index < -0.39 is 0 Å². The Morgan fingerprint density at radius 3 is 1.86 bits per heavy atom. The number of amides is 1. The lowest BCUT2D eigenvalue weighted by molar-refractivity contribution is -0.117. The molecule has 1 rings (SSSR count). The summed E-state index contributed by atoms with van der Waals surface area (Å²) in [5, 5.41) is 4.68. The molecule has 0 bridgehead atoms. The molecule has 1 aliphatic rings. The molecule has 0 heterocycles. The molecule has 0 saturated heterocycles. The number of hydrogen-bond acceptors (Lipinski definition) is 3. The molecule has 0 radical (unpaired) electrons. The van der Waals surface area contributed by atoms with Crippen molar-refractivity contribution in [3.05, 3.63) is 11.5 Å². The number of carbonyl (C=O) groups excluding carboxylic acids is 2. The van der Waals surface area contributed by atoms with Crippen molar-refractivity contribution in [2.75, 3.05) is 0 Å². The number of rotatable bonds is 3. The van der Waals surface area contributed by atoms with Crippen molar-refractivity contribution in [1.29, 1.82) is 0 Å².